The van der Waals surface area contributed by atoms with E-state index in [0.717, 1.165) is 18.1 Å². The van der Waals surface area contributed by atoms with E-state index in [2.05, 4.69) is 15.3 Å². The van der Waals surface area contributed by atoms with Gasteiger partial charge in [0.15, 0.2) is 0 Å². The maximum absolute atomic E-state index is 13.8. The maximum Gasteiger partial charge on any atom is 0.133 e. The summed E-state index contributed by atoms with van der Waals surface area (Å²) >= 11 is 0. The van der Waals surface area contributed by atoms with Gasteiger partial charge in [-0.3, -0.25) is 0 Å². The summed E-state index contributed by atoms with van der Waals surface area (Å²) in [5.41, 5.74) is 1.37. The molecule has 3 nitrogen and oxygen atoms in total. The number of nitrogens with zero attached hydrogens (tertiary/aromatic N) is 2. The molecule has 20 heavy (non-hydrogen) atoms. The molecule has 1 N–H and O–H groups in total. The normalized spacial score (nSPS) is 12.2. The van der Waals surface area contributed by atoms with Crippen LogP contribution in [0.2, 0.25) is 0 Å². The molecule has 0 saturated heterocycles. The number of nitrogens with one attached hydrogen (secondary N) is 1. The van der Waals surface area contributed by atoms with E-state index < -0.39 is 11.6 Å². The van der Waals surface area contributed by atoms with E-state index in [9.17, 15) is 8.78 Å². The van der Waals surface area contributed by atoms with Gasteiger partial charge in [-0.05, 0) is 26.3 Å². The van der Waals surface area contributed by atoms with Gasteiger partial charge in [-0.1, -0.05) is 13.0 Å². The van der Waals surface area contributed by atoms with Crippen molar-refractivity contribution in [3.63, 3.8) is 0 Å². The molecule has 0 aliphatic carbocycles. The molecule has 0 spiro atoms. The monoisotopic (exact) mass is 277 g/mol. The third-order valence-electron chi connectivity index (χ3n) is 3.15. The van der Waals surface area contributed by atoms with Crippen molar-refractivity contribution >= 4 is 5.82 Å². The van der Waals surface area contributed by atoms with Crippen molar-refractivity contribution in [1.82, 2.24) is 9.97 Å². The maximum atomic E-state index is 13.8. The van der Waals surface area contributed by atoms with E-state index in [1.807, 2.05) is 13.8 Å². The summed E-state index contributed by atoms with van der Waals surface area (Å²) in [7, 11) is 0. The molecule has 1 heterocycles. The van der Waals surface area contributed by atoms with Gasteiger partial charge in [-0.2, -0.15) is 0 Å². The molecule has 106 valence electrons. The fraction of sp³-hybridized carbons (Fsp3) is 0.333. The molecule has 0 amide bonds. The van der Waals surface area contributed by atoms with Crippen LogP contribution in [0.4, 0.5) is 14.6 Å². The lowest BCUT2D eigenvalue weighted by molar-refractivity contribution is 0.566. The van der Waals surface area contributed by atoms with Gasteiger partial charge in [0.25, 0.3) is 0 Å². The Morgan fingerprint density at radius 1 is 1.30 bits per heavy atom. The van der Waals surface area contributed by atoms with Crippen LogP contribution in [0.3, 0.4) is 0 Å². The molecule has 0 aliphatic rings. The number of benzene rings is 1. The summed E-state index contributed by atoms with van der Waals surface area (Å²) in [6.45, 7) is 5.61. The summed E-state index contributed by atoms with van der Waals surface area (Å²) in [6, 6.07) is 3.28. The zero-order valence-corrected chi connectivity index (χ0v) is 11.7. The third kappa shape index (κ3) is 3.10. The first-order valence-corrected chi connectivity index (χ1v) is 6.55. The van der Waals surface area contributed by atoms with Gasteiger partial charge < -0.3 is 5.32 Å². The number of aryl methyl sites for hydroxylation is 2. The summed E-state index contributed by atoms with van der Waals surface area (Å²) in [5, 5.41) is 3.17. The fourth-order valence-corrected chi connectivity index (χ4v) is 2.01. The number of rotatable bonds is 4. The Bertz CT molecular complexity index is 614. The van der Waals surface area contributed by atoms with Crippen LogP contribution < -0.4 is 5.32 Å². The van der Waals surface area contributed by atoms with E-state index in [-0.39, 0.29) is 6.04 Å². The highest BCUT2D eigenvalue weighted by molar-refractivity contribution is 5.45. The highest BCUT2D eigenvalue weighted by Crippen LogP contribution is 2.23. The lowest BCUT2D eigenvalue weighted by Gasteiger charge is -2.18. The van der Waals surface area contributed by atoms with Crippen LogP contribution in [0.15, 0.2) is 24.4 Å². The van der Waals surface area contributed by atoms with Crippen LogP contribution in [0, 0.1) is 18.6 Å². The lowest BCUT2D eigenvalue weighted by Crippen LogP contribution is -2.12. The van der Waals surface area contributed by atoms with Crippen molar-refractivity contribution in [2.45, 2.75) is 33.2 Å². The number of halogens is 2. The zero-order chi connectivity index (χ0) is 14.7. The Labute approximate surface area is 117 Å². The molecule has 0 radical (unpaired) electrons. The molecular formula is C15H17F2N3. The van der Waals surface area contributed by atoms with Crippen LogP contribution in [-0.4, -0.2) is 9.97 Å². The summed E-state index contributed by atoms with van der Waals surface area (Å²) in [6.07, 6.45) is 2.54. The number of anilines is 1. The van der Waals surface area contributed by atoms with E-state index in [1.165, 1.54) is 12.1 Å². The Balaban J connectivity index is 2.27. The molecule has 1 unspecified atom stereocenters. The van der Waals surface area contributed by atoms with Crippen molar-refractivity contribution in [1.29, 1.82) is 0 Å². The number of hydrogen-bond acceptors (Lipinski definition) is 3. The molecule has 1 atom stereocenters. The number of aromatic nitrogens is 2. The topological polar surface area (TPSA) is 37.8 Å². The molecule has 1 aromatic heterocycles. The van der Waals surface area contributed by atoms with Crippen molar-refractivity contribution < 1.29 is 8.78 Å². The van der Waals surface area contributed by atoms with Crippen LogP contribution in [-0.2, 0) is 6.42 Å². The van der Waals surface area contributed by atoms with Crippen molar-refractivity contribution in [3.8, 4) is 0 Å². The fourth-order valence-electron chi connectivity index (χ4n) is 2.01. The predicted molar refractivity (Wildman–Crippen MR) is 74.5 cm³/mol. The largest absolute Gasteiger partial charge is 0.363 e. The second kappa shape index (κ2) is 5.94. The Morgan fingerprint density at radius 3 is 2.70 bits per heavy atom. The summed E-state index contributed by atoms with van der Waals surface area (Å²) in [5.74, 6) is 0.201. The van der Waals surface area contributed by atoms with Crippen molar-refractivity contribution in [2.75, 3.05) is 5.32 Å². The highest BCUT2D eigenvalue weighted by Gasteiger charge is 2.14. The minimum atomic E-state index is -0.578. The van der Waals surface area contributed by atoms with E-state index in [0.29, 0.717) is 17.2 Å². The standard InChI is InChI=1S/C15H17F2N3/c1-4-11-8-18-10(3)20-15(11)19-9(2)13-6-5-12(16)7-14(13)17/h5-9H,4H2,1-3H3,(H,18,19,20). The predicted octanol–water partition coefficient (Wildman–Crippen LogP) is 3.80. The molecule has 1 aromatic carbocycles. The lowest BCUT2D eigenvalue weighted by atomic mass is 10.1. The van der Waals surface area contributed by atoms with Gasteiger partial charge >= 0.3 is 0 Å². The first-order valence-electron chi connectivity index (χ1n) is 6.55. The van der Waals surface area contributed by atoms with Crippen LogP contribution in [0.25, 0.3) is 0 Å². The van der Waals surface area contributed by atoms with Crippen molar-refractivity contribution in [3.05, 3.63) is 53.0 Å². The van der Waals surface area contributed by atoms with Gasteiger partial charge in [0.2, 0.25) is 0 Å². The Hall–Kier alpha value is -2.04. The molecule has 0 aliphatic heterocycles. The highest BCUT2D eigenvalue weighted by atomic mass is 19.1. The van der Waals surface area contributed by atoms with Crippen LogP contribution in [0.5, 0.6) is 0 Å². The van der Waals surface area contributed by atoms with E-state index >= 15 is 0 Å². The average Bonchev–Trinajstić information content (AvgIpc) is 2.38. The van der Waals surface area contributed by atoms with Gasteiger partial charge in [0.05, 0.1) is 6.04 Å². The smallest absolute Gasteiger partial charge is 0.133 e. The summed E-state index contributed by atoms with van der Waals surface area (Å²) in [4.78, 5) is 8.48. The molecular weight excluding hydrogens is 260 g/mol. The van der Waals surface area contributed by atoms with Crippen LogP contribution in [0.1, 0.15) is 36.8 Å². The van der Waals surface area contributed by atoms with Gasteiger partial charge in [-0.25, -0.2) is 18.7 Å². The van der Waals surface area contributed by atoms with E-state index in [4.69, 9.17) is 0 Å². The SMILES string of the molecule is CCc1cnc(C)nc1NC(C)c1ccc(F)cc1F. The van der Waals surface area contributed by atoms with Gasteiger partial charge in [0, 0.05) is 23.4 Å². The molecule has 0 bridgehead atoms. The Morgan fingerprint density at radius 2 is 2.05 bits per heavy atom. The molecule has 2 rings (SSSR count). The molecule has 0 saturated carbocycles. The second-order valence-electron chi connectivity index (χ2n) is 4.68. The minimum Gasteiger partial charge on any atom is -0.363 e. The summed E-state index contributed by atoms with van der Waals surface area (Å²) < 4.78 is 26.7. The van der Waals surface area contributed by atoms with Gasteiger partial charge in [0.1, 0.15) is 23.3 Å². The minimum absolute atomic E-state index is 0.310. The van der Waals surface area contributed by atoms with Crippen LogP contribution >= 0.6 is 0 Å². The number of hydrogen-bond donors (Lipinski definition) is 1. The molecule has 2 aromatic rings. The third-order valence-corrected chi connectivity index (χ3v) is 3.15. The average molecular weight is 277 g/mol. The first-order chi connectivity index (χ1) is 9.51. The van der Waals surface area contributed by atoms with Crippen molar-refractivity contribution in [2.24, 2.45) is 0 Å². The Kier molecular flexibility index (Phi) is 4.27. The zero-order valence-electron chi connectivity index (χ0n) is 11.7. The van der Waals surface area contributed by atoms with Gasteiger partial charge in [-0.15, -0.1) is 0 Å². The quantitative estimate of drug-likeness (QED) is 0.923. The molecule has 5 heteroatoms. The van der Waals surface area contributed by atoms with E-state index in [1.54, 1.807) is 13.1 Å². The second-order valence-corrected chi connectivity index (χ2v) is 4.68. The first kappa shape index (κ1) is 14.4. The molecule has 0 fully saturated rings.